The monoisotopic (exact) mass is 382 g/mol. The van der Waals surface area contributed by atoms with Gasteiger partial charge in [0.1, 0.15) is 0 Å². The van der Waals surface area contributed by atoms with Gasteiger partial charge in [0.05, 0.1) is 24.2 Å². The Bertz CT molecular complexity index is 833. The van der Waals surface area contributed by atoms with Gasteiger partial charge in [-0.05, 0) is 36.6 Å². The smallest absolute Gasteiger partial charge is 0.253 e. The topological polar surface area (TPSA) is 58.6 Å². The Balaban J connectivity index is 1.32. The Kier molecular flexibility index (Phi) is 5.45. The van der Waals surface area contributed by atoms with Gasteiger partial charge in [-0.3, -0.25) is 9.59 Å². The van der Waals surface area contributed by atoms with Crippen molar-refractivity contribution in [3.05, 3.63) is 59.7 Å². The number of carbonyl (C=O) groups is 2. The van der Waals surface area contributed by atoms with Crippen LogP contribution in [0.1, 0.15) is 28.8 Å². The highest BCUT2D eigenvalue weighted by molar-refractivity contribution is 8.00. The van der Waals surface area contributed by atoms with Crippen molar-refractivity contribution < 1.29 is 14.3 Å². The third kappa shape index (κ3) is 4.34. The third-order valence-electron chi connectivity index (χ3n) is 4.92. The van der Waals surface area contributed by atoms with Gasteiger partial charge in [-0.25, -0.2) is 0 Å². The summed E-state index contributed by atoms with van der Waals surface area (Å²) in [6.07, 6.45) is 1.88. The Labute approximate surface area is 163 Å². The van der Waals surface area contributed by atoms with Crippen LogP contribution in [0, 0.1) is 0 Å². The first-order valence-electron chi connectivity index (χ1n) is 9.20. The first-order valence-corrected chi connectivity index (χ1v) is 10.2. The number of carbonyl (C=O) groups excluding carboxylic acids is 2. The minimum Gasteiger partial charge on any atom is -0.373 e. The van der Waals surface area contributed by atoms with Gasteiger partial charge in [-0.2, -0.15) is 0 Å². The molecule has 2 heterocycles. The van der Waals surface area contributed by atoms with Crippen molar-refractivity contribution in [1.82, 2.24) is 4.90 Å². The summed E-state index contributed by atoms with van der Waals surface area (Å²) in [6.45, 7) is 1.99. The fourth-order valence-corrected chi connectivity index (χ4v) is 4.20. The number of hydrogen-bond donors (Lipinski definition) is 1. The number of benzene rings is 2. The van der Waals surface area contributed by atoms with Crippen LogP contribution < -0.4 is 5.32 Å². The van der Waals surface area contributed by atoms with Crippen molar-refractivity contribution in [2.24, 2.45) is 0 Å². The molecule has 2 aliphatic rings. The molecule has 0 bridgehead atoms. The summed E-state index contributed by atoms with van der Waals surface area (Å²) in [5.74, 6) is 0.425. The number of thioether (sulfide) groups is 1. The average Bonchev–Trinajstić information content (AvgIpc) is 2.72. The van der Waals surface area contributed by atoms with E-state index < -0.39 is 0 Å². The second-order valence-electron chi connectivity index (χ2n) is 6.84. The molecule has 0 spiro atoms. The van der Waals surface area contributed by atoms with E-state index >= 15 is 0 Å². The first kappa shape index (κ1) is 18.1. The molecule has 0 unspecified atom stereocenters. The zero-order valence-corrected chi connectivity index (χ0v) is 15.8. The minimum absolute atomic E-state index is 0.0177. The quantitative estimate of drug-likeness (QED) is 0.879. The largest absolute Gasteiger partial charge is 0.373 e. The first-order chi connectivity index (χ1) is 13.2. The Morgan fingerprint density at radius 1 is 1.15 bits per heavy atom. The number of fused-ring (bicyclic) bond motifs is 1. The molecule has 1 saturated heterocycles. The van der Waals surface area contributed by atoms with E-state index in [-0.39, 0.29) is 17.9 Å². The lowest BCUT2D eigenvalue weighted by Crippen LogP contribution is -2.40. The highest BCUT2D eigenvalue weighted by Crippen LogP contribution is 2.32. The maximum absolute atomic E-state index is 12.8. The van der Waals surface area contributed by atoms with Crippen LogP contribution in [-0.2, 0) is 16.1 Å². The molecule has 2 aliphatic heterocycles. The third-order valence-corrected chi connectivity index (χ3v) is 5.99. The zero-order chi connectivity index (χ0) is 18.6. The van der Waals surface area contributed by atoms with Gasteiger partial charge in [0.15, 0.2) is 0 Å². The molecular weight excluding hydrogens is 360 g/mol. The van der Waals surface area contributed by atoms with Crippen LogP contribution in [0.2, 0.25) is 0 Å². The fourth-order valence-electron chi connectivity index (χ4n) is 3.41. The maximum Gasteiger partial charge on any atom is 0.253 e. The van der Waals surface area contributed by atoms with Crippen LogP contribution in [0.5, 0.6) is 0 Å². The van der Waals surface area contributed by atoms with Crippen LogP contribution in [0.25, 0.3) is 0 Å². The van der Waals surface area contributed by atoms with E-state index in [1.165, 1.54) is 17.3 Å². The number of piperidine rings is 1. The normalized spacial score (nSPS) is 17.3. The second-order valence-corrected chi connectivity index (χ2v) is 7.85. The highest BCUT2D eigenvalue weighted by Gasteiger charge is 2.25. The maximum atomic E-state index is 12.8. The van der Waals surface area contributed by atoms with Crippen LogP contribution >= 0.6 is 11.8 Å². The number of ether oxygens (including phenoxy) is 1. The van der Waals surface area contributed by atoms with E-state index in [0.29, 0.717) is 31.0 Å². The van der Waals surface area contributed by atoms with Gasteiger partial charge in [-0.15, -0.1) is 11.8 Å². The van der Waals surface area contributed by atoms with E-state index in [0.717, 1.165) is 23.4 Å². The van der Waals surface area contributed by atoms with Crippen LogP contribution in [-0.4, -0.2) is 41.7 Å². The summed E-state index contributed by atoms with van der Waals surface area (Å²) in [5, 5.41) is 2.85. The average molecular weight is 382 g/mol. The second kappa shape index (κ2) is 8.15. The molecule has 0 atom stereocenters. The summed E-state index contributed by atoms with van der Waals surface area (Å²) < 4.78 is 6.00. The number of nitrogens with zero attached hydrogens (tertiary/aromatic N) is 1. The number of amides is 2. The molecule has 1 fully saturated rings. The summed E-state index contributed by atoms with van der Waals surface area (Å²) in [7, 11) is 0. The van der Waals surface area contributed by atoms with Crippen molar-refractivity contribution in [2.45, 2.75) is 30.4 Å². The lowest BCUT2D eigenvalue weighted by molar-refractivity contribution is -0.113. The lowest BCUT2D eigenvalue weighted by Gasteiger charge is -2.32. The lowest BCUT2D eigenvalue weighted by atomic mass is 10.1. The van der Waals surface area contributed by atoms with Crippen molar-refractivity contribution in [1.29, 1.82) is 0 Å². The van der Waals surface area contributed by atoms with Gasteiger partial charge in [0.2, 0.25) is 5.91 Å². The number of nitrogens with one attached hydrogen (secondary N) is 1. The molecule has 27 heavy (non-hydrogen) atoms. The van der Waals surface area contributed by atoms with Crippen LogP contribution in [0.4, 0.5) is 5.69 Å². The van der Waals surface area contributed by atoms with E-state index in [1.807, 2.05) is 35.2 Å². The molecule has 2 aromatic carbocycles. The molecule has 0 radical (unpaired) electrons. The molecule has 5 nitrogen and oxygen atoms in total. The van der Waals surface area contributed by atoms with E-state index in [9.17, 15) is 9.59 Å². The Morgan fingerprint density at radius 2 is 1.93 bits per heavy atom. The molecule has 2 amide bonds. The molecule has 1 N–H and O–H groups in total. The number of hydrogen-bond acceptors (Lipinski definition) is 4. The predicted molar refractivity (Wildman–Crippen MR) is 106 cm³/mol. The van der Waals surface area contributed by atoms with E-state index in [1.54, 1.807) is 6.07 Å². The van der Waals surface area contributed by atoms with Crippen molar-refractivity contribution in [3.63, 3.8) is 0 Å². The Morgan fingerprint density at radius 3 is 2.70 bits per heavy atom. The van der Waals surface area contributed by atoms with E-state index in [4.69, 9.17) is 4.74 Å². The zero-order valence-electron chi connectivity index (χ0n) is 15.0. The van der Waals surface area contributed by atoms with E-state index in [2.05, 4.69) is 17.4 Å². The Hall–Kier alpha value is -2.31. The van der Waals surface area contributed by atoms with Gasteiger partial charge in [-0.1, -0.05) is 30.3 Å². The number of anilines is 1. The number of rotatable bonds is 4. The van der Waals surface area contributed by atoms with Gasteiger partial charge in [0.25, 0.3) is 5.91 Å². The molecular formula is C21H22N2O3S. The van der Waals surface area contributed by atoms with Crippen molar-refractivity contribution in [2.75, 3.05) is 24.2 Å². The molecule has 2 aromatic rings. The molecule has 6 heteroatoms. The molecule has 0 aliphatic carbocycles. The SMILES string of the molecule is O=C1CSc2ccc(C(=O)N3CCC(OCc4ccccc4)CC3)cc2N1. The van der Waals surface area contributed by atoms with Gasteiger partial charge >= 0.3 is 0 Å². The molecule has 4 rings (SSSR count). The van der Waals surface area contributed by atoms with Crippen molar-refractivity contribution >= 4 is 29.3 Å². The summed E-state index contributed by atoms with van der Waals surface area (Å²) in [6, 6.07) is 15.7. The predicted octanol–water partition coefficient (Wildman–Crippen LogP) is 3.55. The van der Waals surface area contributed by atoms with Crippen LogP contribution in [0.15, 0.2) is 53.4 Å². The molecule has 0 aromatic heterocycles. The molecule has 0 saturated carbocycles. The molecule has 140 valence electrons. The standard InChI is InChI=1S/C21H22N2O3S/c24-20-14-27-19-7-6-16(12-18(19)22-20)21(25)23-10-8-17(9-11-23)26-13-15-4-2-1-3-5-15/h1-7,12,17H,8-11,13-14H2,(H,22,24). The highest BCUT2D eigenvalue weighted by atomic mass is 32.2. The van der Waals surface area contributed by atoms with Crippen LogP contribution in [0.3, 0.4) is 0 Å². The minimum atomic E-state index is -0.0199. The number of likely N-dealkylation sites (tertiary alicyclic amines) is 1. The van der Waals surface area contributed by atoms with Gasteiger partial charge in [0, 0.05) is 23.5 Å². The van der Waals surface area contributed by atoms with Gasteiger partial charge < -0.3 is 15.0 Å². The summed E-state index contributed by atoms with van der Waals surface area (Å²) in [5.41, 5.74) is 2.54. The summed E-state index contributed by atoms with van der Waals surface area (Å²) in [4.78, 5) is 27.3. The van der Waals surface area contributed by atoms with Crippen molar-refractivity contribution in [3.8, 4) is 0 Å². The summed E-state index contributed by atoms with van der Waals surface area (Å²) >= 11 is 1.50. The fraction of sp³-hybridized carbons (Fsp3) is 0.333.